The summed E-state index contributed by atoms with van der Waals surface area (Å²) in [6, 6.07) is 7.84. The third-order valence-electron chi connectivity index (χ3n) is 7.72. The number of rotatable bonds is 8. The van der Waals surface area contributed by atoms with E-state index in [4.69, 9.17) is 21.1 Å². The Balaban J connectivity index is 1.31. The van der Waals surface area contributed by atoms with Crippen LogP contribution >= 0.6 is 11.6 Å². The zero-order chi connectivity index (χ0) is 26.6. The van der Waals surface area contributed by atoms with E-state index in [2.05, 4.69) is 29.7 Å². The van der Waals surface area contributed by atoms with Crippen LogP contribution in [0.5, 0.6) is 5.75 Å². The van der Waals surface area contributed by atoms with E-state index in [9.17, 15) is 18.3 Å². The second-order valence-corrected chi connectivity index (χ2v) is 10.5. The van der Waals surface area contributed by atoms with Gasteiger partial charge in [-0.3, -0.25) is 9.80 Å². The van der Waals surface area contributed by atoms with Crippen molar-refractivity contribution in [1.29, 1.82) is 0 Å². The van der Waals surface area contributed by atoms with E-state index < -0.39 is 17.3 Å². The summed E-state index contributed by atoms with van der Waals surface area (Å²) < 4.78 is 51.4. The number of morpholine rings is 1. The first kappa shape index (κ1) is 28.2. The molecule has 0 aliphatic carbocycles. The average molecular weight is 541 g/mol. The van der Waals surface area contributed by atoms with Gasteiger partial charge in [0, 0.05) is 39.3 Å². The lowest BCUT2D eigenvalue weighted by Crippen LogP contribution is -2.42. The lowest BCUT2D eigenvalue weighted by Gasteiger charge is -2.39. The quantitative estimate of drug-likeness (QED) is 0.444. The smallest absolute Gasteiger partial charge is 0.417 e. The topological polar surface area (TPSA) is 45.2 Å². The Hall–Kier alpha value is -1.84. The molecule has 0 atom stereocenters. The van der Waals surface area contributed by atoms with Crippen LogP contribution in [0.2, 0.25) is 5.02 Å². The fourth-order valence-corrected chi connectivity index (χ4v) is 5.34. The standard InChI is InChI=1S/C28H36ClF3N2O3/c1-20-21(2)26(37-15-3-10-33-13-16-36-17-14-33)7-4-22(20)19-34-11-8-27(35,9-12-34)23-5-6-25(29)24(18-23)28(30,31)32/h4-7,18,35H,3,8-17,19H2,1-2H3. The van der Waals surface area contributed by atoms with Gasteiger partial charge in [-0.15, -0.1) is 0 Å². The number of benzene rings is 2. The lowest BCUT2D eigenvalue weighted by atomic mass is 9.83. The van der Waals surface area contributed by atoms with E-state index in [0.717, 1.165) is 56.6 Å². The fourth-order valence-electron chi connectivity index (χ4n) is 5.12. The second-order valence-electron chi connectivity index (χ2n) is 10.1. The number of alkyl halides is 3. The molecule has 0 unspecified atom stereocenters. The Morgan fingerprint density at radius 2 is 1.70 bits per heavy atom. The molecule has 2 aliphatic heterocycles. The highest BCUT2D eigenvalue weighted by Crippen LogP contribution is 2.40. The van der Waals surface area contributed by atoms with Gasteiger partial charge in [0.25, 0.3) is 0 Å². The normalized spacial score (nSPS) is 19.2. The first-order chi connectivity index (χ1) is 17.6. The molecule has 2 heterocycles. The molecular weight excluding hydrogens is 505 g/mol. The summed E-state index contributed by atoms with van der Waals surface area (Å²) in [5, 5.41) is 10.8. The molecule has 2 aliphatic rings. The van der Waals surface area contributed by atoms with Gasteiger partial charge >= 0.3 is 6.18 Å². The van der Waals surface area contributed by atoms with Crippen molar-refractivity contribution in [3.05, 3.63) is 63.2 Å². The van der Waals surface area contributed by atoms with Crippen LogP contribution < -0.4 is 4.74 Å². The van der Waals surface area contributed by atoms with Crippen LogP contribution in [0.25, 0.3) is 0 Å². The molecule has 9 heteroatoms. The van der Waals surface area contributed by atoms with Crippen molar-refractivity contribution in [2.75, 3.05) is 52.5 Å². The van der Waals surface area contributed by atoms with Gasteiger partial charge in [-0.05, 0) is 73.6 Å². The SMILES string of the molecule is Cc1c(CN2CCC(O)(c3ccc(Cl)c(C(F)(F)F)c3)CC2)ccc(OCCCN2CCOCC2)c1C. The van der Waals surface area contributed by atoms with Gasteiger partial charge in [-0.2, -0.15) is 13.2 Å². The minimum Gasteiger partial charge on any atom is -0.493 e. The van der Waals surface area contributed by atoms with Gasteiger partial charge in [-0.25, -0.2) is 0 Å². The van der Waals surface area contributed by atoms with Gasteiger partial charge in [0.1, 0.15) is 5.75 Å². The number of aliphatic hydroxyl groups is 1. The van der Waals surface area contributed by atoms with Gasteiger partial charge in [0.15, 0.2) is 0 Å². The maximum Gasteiger partial charge on any atom is 0.417 e. The van der Waals surface area contributed by atoms with Crippen molar-refractivity contribution >= 4 is 11.6 Å². The summed E-state index contributed by atoms with van der Waals surface area (Å²) in [6.07, 6.45) is -2.88. The van der Waals surface area contributed by atoms with Gasteiger partial charge < -0.3 is 14.6 Å². The monoisotopic (exact) mass is 540 g/mol. The van der Waals surface area contributed by atoms with E-state index >= 15 is 0 Å². The molecule has 204 valence electrons. The minimum absolute atomic E-state index is 0.269. The molecule has 2 saturated heterocycles. The summed E-state index contributed by atoms with van der Waals surface area (Å²) in [4.78, 5) is 4.63. The molecule has 0 amide bonds. The van der Waals surface area contributed by atoms with Crippen molar-refractivity contribution in [3.8, 4) is 5.75 Å². The predicted molar refractivity (Wildman–Crippen MR) is 138 cm³/mol. The Labute approximate surface area is 222 Å². The zero-order valence-electron chi connectivity index (χ0n) is 21.5. The Bertz CT molecular complexity index is 1070. The van der Waals surface area contributed by atoms with Crippen LogP contribution in [0.3, 0.4) is 0 Å². The molecule has 2 aromatic carbocycles. The number of nitrogens with zero attached hydrogens (tertiary/aromatic N) is 2. The van der Waals surface area contributed by atoms with Crippen LogP contribution in [0, 0.1) is 13.8 Å². The molecule has 0 aromatic heterocycles. The molecular formula is C28H36ClF3N2O3. The molecule has 0 spiro atoms. The zero-order valence-corrected chi connectivity index (χ0v) is 22.3. The summed E-state index contributed by atoms with van der Waals surface area (Å²) >= 11 is 5.76. The summed E-state index contributed by atoms with van der Waals surface area (Å²) in [6.45, 7) is 11.3. The number of piperidine rings is 1. The Morgan fingerprint density at radius 1 is 1.00 bits per heavy atom. The van der Waals surface area contributed by atoms with Crippen molar-refractivity contribution in [2.45, 2.75) is 51.4 Å². The fraction of sp³-hybridized carbons (Fsp3) is 0.571. The average Bonchev–Trinajstić information content (AvgIpc) is 2.87. The Kier molecular flexibility index (Phi) is 9.07. The number of likely N-dealkylation sites (tertiary alicyclic amines) is 1. The van der Waals surface area contributed by atoms with E-state index in [1.807, 2.05) is 6.07 Å². The van der Waals surface area contributed by atoms with E-state index in [0.29, 0.717) is 39.1 Å². The van der Waals surface area contributed by atoms with Gasteiger partial charge in [0.05, 0.1) is 36.0 Å². The third-order valence-corrected chi connectivity index (χ3v) is 8.05. The largest absolute Gasteiger partial charge is 0.493 e. The van der Waals surface area contributed by atoms with Crippen LogP contribution in [0.1, 0.15) is 47.1 Å². The van der Waals surface area contributed by atoms with Crippen molar-refractivity contribution in [3.63, 3.8) is 0 Å². The minimum atomic E-state index is -4.56. The molecule has 0 radical (unpaired) electrons. The van der Waals surface area contributed by atoms with Crippen molar-refractivity contribution in [2.24, 2.45) is 0 Å². The van der Waals surface area contributed by atoms with E-state index in [-0.39, 0.29) is 10.6 Å². The lowest BCUT2D eigenvalue weighted by molar-refractivity contribution is -0.137. The Morgan fingerprint density at radius 3 is 2.38 bits per heavy atom. The molecule has 0 saturated carbocycles. The van der Waals surface area contributed by atoms with Crippen LogP contribution in [-0.2, 0) is 23.1 Å². The summed E-state index contributed by atoms with van der Waals surface area (Å²) in [7, 11) is 0. The molecule has 0 bridgehead atoms. The number of halogens is 4. The number of hydrogen-bond acceptors (Lipinski definition) is 5. The highest BCUT2D eigenvalue weighted by molar-refractivity contribution is 6.31. The predicted octanol–water partition coefficient (Wildman–Crippen LogP) is 5.56. The molecule has 4 rings (SSSR count). The van der Waals surface area contributed by atoms with E-state index in [1.54, 1.807) is 0 Å². The number of hydrogen-bond donors (Lipinski definition) is 1. The van der Waals surface area contributed by atoms with Gasteiger partial charge in [0.2, 0.25) is 0 Å². The second kappa shape index (κ2) is 11.9. The third kappa shape index (κ3) is 6.98. The maximum atomic E-state index is 13.3. The molecule has 1 N–H and O–H groups in total. The first-order valence-electron chi connectivity index (χ1n) is 12.9. The van der Waals surface area contributed by atoms with Crippen molar-refractivity contribution < 1.29 is 27.8 Å². The summed E-state index contributed by atoms with van der Waals surface area (Å²) in [5.41, 5.74) is 1.56. The molecule has 2 aromatic rings. The van der Waals surface area contributed by atoms with E-state index in [1.165, 1.54) is 23.3 Å². The summed E-state index contributed by atoms with van der Waals surface area (Å²) in [5.74, 6) is 0.902. The molecule has 2 fully saturated rings. The van der Waals surface area contributed by atoms with Crippen molar-refractivity contribution in [1.82, 2.24) is 9.80 Å². The van der Waals surface area contributed by atoms with Crippen LogP contribution in [0.15, 0.2) is 30.3 Å². The number of ether oxygens (including phenoxy) is 2. The van der Waals surface area contributed by atoms with Crippen LogP contribution in [-0.4, -0.2) is 67.5 Å². The first-order valence-corrected chi connectivity index (χ1v) is 13.3. The maximum absolute atomic E-state index is 13.3. The van der Waals surface area contributed by atoms with Gasteiger partial charge in [-0.1, -0.05) is 23.7 Å². The van der Waals surface area contributed by atoms with Crippen LogP contribution in [0.4, 0.5) is 13.2 Å². The molecule has 37 heavy (non-hydrogen) atoms. The highest BCUT2D eigenvalue weighted by atomic mass is 35.5. The molecule has 5 nitrogen and oxygen atoms in total. The highest BCUT2D eigenvalue weighted by Gasteiger charge is 2.38.